The lowest BCUT2D eigenvalue weighted by atomic mass is 10.3. The highest BCUT2D eigenvalue weighted by Crippen LogP contribution is 2.14. The first-order valence-corrected chi connectivity index (χ1v) is 7.10. The minimum absolute atomic E-state index is 0.618. The van der Waals surface area contributed by atoms with Crippen LogP contribution in [0, 0.1) is 11.3 Å². The van der Waals surface area contributed by atoms with E-state index in [-0.39, 0.29) is 0 Å². The highest BCUT2D eigenvalue weighted by Gasteiger charge is 2.17. The average molecular weight is 249 g/mol. The molecule has 0 aromatic carbocycles. The summed E-state index contributed by atoms with van der Waals surface area (Å²) in [5.41, 5.74) is 0.777. The van der Waals surface area contributed by atoms with Crippen molar-refractivity contribution >= 4 is 11.3 Å². The first kappa shape index (κ1) is 12.6. The first-order valence-electron chi connectivity index (χ1n) is 6.22. The fraction of sp³-hybridized carbons (Fsp3) is 0.615. The smallest absolute Gasteiger partial charge is 0.100 e. The third-order valence-corrected chi connectivity index (χ3v) is 4.22. The lowest BCUT2D eigenvalue weighted by molar-refractivity contribution is 0.252. The lowest BCUT2D eigenvalue weighted by Gasteiger charge is -2.23. The van der Waals surface area contributed by atoms with E-state index >= 15 is 0 Å². The topological polar surface area (TPSA) is 39.1 Å². The normalized spacial score (nSPS) is 18.1. The summed E-state index contributed by atoms with van der Waals surface area (Å²) in [6.45, 7) is 6.69. The maximum Gasteiger partial charge on any atom is 0.100 e. The Morgan fingerprint density at radius 1 is 1.53 bits per heavy atom. The van der Waals surface area contributed by atoms with Crippen LogP contribution in [0.3, 0.4) is 0 Å². The molecule has 3 nitrogen and oxygen atoms in total. The molecule has 1 saturated heterocycles. The Kier molecular flexibility index (Phi) is 4.55. The van der Waals surface area contributed by atoms with Gasteiger partial charge in [-0.05, 0) is 38.9 Å². The second-order valence-electron chi connectivity index (χ2n) is 4.64. The van der Waals surface area contributed by atoms with Crippen LogP contribution in [-0.2, 0) is 6.54 Å². The number of nitrogens with one attached hydrogen (secondary N) is 1. The van der Waals surface area contributed by atoms with Crippen molar-refractivity contribution in [2.45, 2.75) is 32.4 Å². The molecule has 92 valence electrons. The second-order valence-corrected chi connectivity index (χ2v) is 5.63. The van der Waals surface area contributed by atoms with Crippen LogP contribution in [0.4, 0.5) is 0 Å². The number of hydrogen-bond acceptors (Lipinski definition) is 4. The summed E-state index contributed by atoms with van der Waals surface area (Å²) in [7, 11) is 0. The van der Waals surface area contributed by atoms with Crippen molar-refractivity contribution < 1.29 is 0 Å². The number of thiophene rings is 1. The first-order chi connectivity index (χ1) is 8.29. The summed E-state index contributed by atoms with van der Waals surface area (Å²) in [5, 5.41) is 14.1. The summed E-state index contributed by atoms with van der Waals surface area (Å²) in [5.74, 6) is 0. The molecule has 0 saturated carbocycles. The summed E-state index contributed by atoms with van der Waals surface area (Å²) in [4.78, 5) is 3.79. The van der Waals surface area contributed by atoms with Crippen LogP contribution in [-0.4, -0.2) is 30.6 Å². The van der Waals surface area contributed by atoms with Gasteiger partial charge in [-0.25, -0.2) is 0 Å². The zero-order chi connectivity index (χ0) is 12.1. The van der Waals surface area contributed by atoms with Gasteiger partial charge in [-0.1, -0.05) is 0 Å². The molecule has 1 aliphatic rings. The summed E-state index contributed by atoms with van der Waals surface area (Å²) in [6.07, 6.45) is 2.70. The van der Waals surface area contributed by atoms with E-state index in [0.29, 0.717) is 6.04 Å². The predicted molar refractivity (Wildman–Crippen MR) is 71.0 cm³/mol. The highest BCUT2D eigenvalue weighted by atomic mass is 32.1. The Bertz CT molecular complexity index is 388. The van der Waals surface area contributed by atoms with Crippen molar-refractivity contribution in [3.63, 3.8) is 0 Å². The standard InChI is InChI=1S/C13H19N3S/c1-11(16-4-2-3-5-16)8-15-9-13-6-12(7-14)10-17-13/h6,10-11,15H,2-5,8-9H2,1H3. The van der Waals surface area contributed by atoms with Gasteiger partial charge >= 0.3 is 0 Å². The largest absolute Gasteiger partial charge is 0.310 e. The molecule has 0 amide bonds. The molecule has 1 aromatic rings. The van der Waals surface area contributed by atoms with Gasteiger partial charge in [0.1, 0.15) is 6.07 Å². The fourth-order valence-corrected chi connectivity index (χ4v) is 3.03. The molecule has 1 unspecified atom stereocenters. The van der Waals surface area contributed by atoms with Crippen LogP contribution in [0.2, 0.25) is 0 Å². The third kappa shape index (κ3) is 3.53. The van der Waals surface area contributed by atoms with Gasteiger partial charge in [-0.15, -0.1) is 11.3 Å². The Morgan fingerprint density at radius 2 is 2.29 bits per heavy atom. The molecule has 4 heteroatoms. The van der Waals surface area contributed by atoms with Gasteiger partial charge in [-0.3, -0.25) is 4.90 Å². The quantitative estimate of drug-likeness (QED) is 0.869. The molecule has 1 atom stereocenters. The Balaban J connectivity index is 1.70. The molecule has 1 fully saturated rings. The van der Waals surface area contributed by atoms with Gasteiger partial charge in [0.05, 0.1) is 5.56 Å². The van der Waals surface area contributed by atoms with Gasteiger partial charge in [0.15, 0.2) is 0 Å². The van der Waals surface area contributed by atoms with E-state index in [4.69, 9.17) is 5.26 Å². The van der Waals surface area contributed by atoms with Crippen molar-refractivity contribution in [1.29, 1.82) is 5.26 Å². The zero-order valence-corrected chi connectivity index (χ0v) is 11.1. The molecule has 0 radical (unpaired) electrons. The predicted octanol–water partition coefficient (Wildman–Crippen LogP) is 2.19. The molecular formula is C13H19N3S. The van der Waals surface area contributed by atoms with Crippen LogP contribution < -0.4 is 5.32 Å². The van der Waals surface area contributed by atoms with Crippen molar-refractivity contribution in [3.05, 3.63) is 21.9 Å². The number of likely N-dealkylation sites (tertiary alicyclic amines) is 1. The monoisotopic (exact) mass is 249 g/mol. The van der Waals surface area contributed by atoms with E-state index in [2.05, 4.69) is 23.2 Å². The molecule has 2 rings (SSSR count). The summed E-state index contributed by atoms with van der Waals surface area (Å²) < 4.78 is 0. The molecule has 0 spiro atoms. The van der Waals surface area contributed by atoms with Crippen LogP contribution in [0.1, 0.15) is 30.2 Å². The molecule has 17 heavy (non-hydrogen) atoms. The van der Waals surface area contributed by atoms with E-state index in [1.165, 1.54) is 30.8 Å². The third-order valence-electron chi connectivity index (χ3n) is 3.29. The van der Waals surface area contributed by atoms with Gasteiger partial charge in [0, 0.05) is 29.4 Å². The molecule has 2 heterocycles. The maximum absolute atomic E-state index is 8.74. The van der Waals surface area contributed by atoms with E-state index in [0.717, 1.165) is 18.7 Å². The van der Waals surface area contributed by atoms with E-state index in [1.54, 1.807) is 11.3 Å². The van der Waals surface area contributed by atoms with Crippen LogP contribution >= 0.6 is 11.3 Å². The molecule has 1 aliphatic heterocycles. The molecule has 0 aliphatic carbocycles. The van der Waals surface area contributed by atoms with Gasteiger partial charge < -0.3 is 5.32 Å². The van der Waals surface area contributed by atoms with Gasteiger partial charge in [0.25, 0.3) is 0 Å². The number of nitriles is 1. The molecule has 1 N–H and O–H groups in total. The Hall–Kier alpha value is -0.890. The minimum atomic E-state index is 0.618. The highest BCUT2D eigenvalue weighted by molar-refractivity contribution is 7.10. The van der Waals surface area contributed by atoms with Gasteiger partial charge in [0.2, 0.25) is 0 Å². The van der Waals surface area contributed by atoms with E-state index in [1.807, 2.05) is 11.4 Å². The minimum Gasteiger partial charge on any atom is -0.310 e. The molecule has 1 aromatic heterocycles. The number of rotatable bonds is 5. The Labute approximate surface area is 107 Å². The van der Waals surface area contributed by atoms with Gasteiger partial charge in [-0.2, -0.15) is 5.26 Å². The Morgan fingerprint density at radius 3 is 2.94 bits per heavy atom. The van der Waals surface area contributed by atoms with Crippen molar-refractivity contribution in [3.8, 4) is 6.07 Å². The second kappa shape index (κ2) is 6.15. The van der Waals surface area contributed by atoms with Crippen molar-refractivity contribution in [1.82, 2.24) is 10.2 Å². The van der Waals surface area contributed by atoms with Crippen LogP contribution in [0.15, 0.2) is 11.4 Å². The summed E-state index contributed by atoms with van der Waals surface area (Å²) in [6, 6.07) is 4.75. The number of hydrogen-bond donors (Lipinski definition) is 1. The van der Waals surface area contributed by atoms with Crippen LogP contribution in [0.25, 0.3) is 0 Å². The SMILES string of the molecule is CC(CNCc1cc(C#N)cs1)N1CCCC1. The van der Waals surface area contributed by atoms with Crippen LogP contribution in [0.5, 0.6) is 0 Å². The number of nitrogens with zero attached hydrogens (tertiary/aromatic N) is 2. The van der Waals surface area contributed by atoms with Crippen molar-refractivity contribution in [2.24, 2.45) is 0 Å². The average Bonchev–Trinajstić information content (AvgIpc) is 3.00. The molecule has 0 bridgehead atoms. The lowest BCUT2D eigenvalue weighted by Crippen LogP contribution is -2.38. The summed E-state index contributed by atoms with van der Waals surface area (Å²) >= 11 is 1.66. The fourth-order valence-electron chi connectivity index (χ4n) is 2.25. The maximum atomic E-state index is 8.74. The van der Waals surface area contributed by atoms with E-state index in [9.17, 15) is 0 Å². The van der Waals surface area contributed by atoms with E-state index < -0.39 is 0 Å². The van der Waals surface area contributed by atoms with Crippen molar-refractivity contribution in [2.75, 3.05) is 19.6 Å². The molecular weight excluding hydrogens is 230 g/mol. The zero-order valence-electron chi connectivity index (χ0n) is 10.3.